The lowest BCUT2D eigenvalue weighted by atomic mass is 9.90. The molecule has 2 aliphatic rings. The maximum absolute atomic E-state index is 6.41. The lowest BCUT2D eigenvalue weighted by Gasteiger charge is -2.38. The van der Waals surface area contributed by atoms with Crippen molar-refractivity contribution in [3.63, 3.8) is 0 Å². The molecule has 1 saturated carbocycles. The topological polar surface area (TPSA) is 124 Å². The standard InChI is InChI=1S/C28H31N9O/c29-27-25-26(19-3-8-22-23(15-19)34-24(33-22)14-18-2-1-9-30-16-18)35-37(28(25)32-17-31-27)21-6-4-20(5-7-21)36-10-12-38-13-11-36/h1-3,8-9,15-17,20-21H,4-7,10-14H2,(H,33,34)(H2,29,31,32)/t20-,21-. The van der Waals surface area contributed by atoms with Crippen molar-refractivity contribution in [3.05, 3.63) is 60.4 Å². The van der Waals surface area contributed by atoms with Crippen molar-refractivity contribution in [2.24, 2.45) is 0 Å². The molecule has 5 aromatic rings. The van der Waals surface area contributed by atoms with Crippen LogP contribution >= 0.6 is 0 Å². The molecule has 0 radical (unpaired) electrons. The SMILES string of the molecule is Nc1ncnc2c1c(-c1ccc3nc(Cc4cccnc4)[nH]c3c1)nn2[C@H]1CC[C@H](N2CCOCC2)CC1. The van der Waals surface area contributed by atoms with E-state index in [0.717, 1.165) is 96.7 Å². The number of fused-ring (bicyclic) bond motifs is 2. The van der Waals surface area contributed by atoms with Crippen molar-refractivity contribution in [2.75, 3.05) is 32.0 Å². The first-order valence-electron chi connectivity index (χ1n) is 13.4. The summed E-state index contributed by atoms with van der Waals surface area (Å²) < 4.78 is 7.65. The van der Waals surface area contributed by atoms with Crippen molar-refractivity contribution in [2.45, 2.75) is 44.2 Å². The van der Waals surface area contributed by atoms with Gasteiger partial charge in [-0.25, -0.2) is 19.6 Å². The molecule has 38 heavy (non-hydrogen) atoms. The van der Waals surface area contributed by atoms with Crippen LogP contribution in [0.2, 0.25) is 0 Å². The maximum atomic E-state index is 6.41. The third-order valence-electron chi connectivity index (χ3n) is 7.99. The van der Waals surface area contributed by atoms with E-state index in [-0.39, 0.29) is 0 Å². The number of aromatic amines is 1. The average molecular weight is 510 g/mol. The van der Waals surface area contributed by atoms with Crippen LogP contribution in [0.3, 0.4) is 0 Å². The first kappa shape index (κ1) is 23.2. The molecular formula is C28H31N9O. The molecule has 5 heterocycles. The van der Waals surface area contributed by atoms with Gasteiger partial charge < -0.3 is 15.5 Å². The molecule has 3 N–H and O–H groups in total. The van der Waals surface area contributed by atoms with Crippen LogP contribution in [0.1, 0.15) is 43.1 Å². The fourth-order valence-corrected chi connectivity index (χ4v) is 6.05. The van der Waals surface area contributed by atoms with Crippen LogP contribution in [-0.2, 0) is 11.2 Å². The molecule has 0 amide bonds. The Kier molecular flexibility index (Phi) is 5.98. The quantitative estimate of drug-likeness (QED) is 0.367. The number of morpholine rings is 1. The first-order valence-corrected chi connectivity index (χ1v) is 13.4. The van der Waals surface area contributed by atoms with Gasteiger partial charge in [0.25, 0.3) is 0 Å². The Morgan fingerprint density at radius 3 is 2.68 bits per heavy atom. The first-order chi connectivity index (χ1) is 18.7. The average Bonchev–Trinajstić information content (AvgIpc) is 3.56. The second-order valence-electron chi connectivity index (χ2n) is 10.3. The molecule has 1 aromatic carbocycles. The third-order valence-corrected chi connectivity index (χ3v) is 7.99. The maximum Gasteiger partial charge on any atom is 0.164 e. The molecule has 4 aromatic heterocycles. The van der Waals surface area contributed by atoms with Crippen LogP contribution in [0.25, 0.3) is 33.3 Å². The molecule has 7 rings (SSSR count). The number of ether oxygens (including phenoxy) is 1. The largest absolute Gasteiger partial charge is 0.383 e. The zero-order chi connectivity index (χ0) is 25.5. The van der Waals surface area contributed by atoms with Gasteiger partial charge in [0, 0.05) is 43.5 Å². The normalized spacial score (nSPS) is 20.8. The number of nitrogens with one attached hydrogen (secondary N) is 1. The van der Waals surface area contributed by atoms with Crippen LogP contribution < -0.4 is 5.73 Å². The Morgan fingerprint density at radius 1 is 1.03 bits per heavy atom. The Morgan fingerprint density at radius 2 is 1.87 bits per heavy atom. The lowest BCUT2D eigenvalue weighted by molar-refractivity contribution is 0.00520. The predicted octanol–water partition coefficient (Wildman–Crippen LogP) is 3.75. The number of H-pyrrole nitrogens is 1. The summed E-state index contributed by atoms with van der Waals surface area (Å²) in [7, 11) is 0. The number of aromatic nitrogens is 7. The van der Waals surface area contributed by atoms with Gasteiger partial charge in [-0.15, -0.1) is 0 Å². The van der Waals surface area contributed by atoms with Gasteiger partial charge in [0.15, 0.2) is 5.65 Å². The Hall–Kier alpha value is -3.89. The van der Waals surface area contributed by atoms with E-state index in [1.165, 1.54) is 0 Å². The van der Waals surface area contributed by atoms with E-state index in [9.17, 15) is 0 Å². The van der Waals surface area contributed by atoms with Gasteiger partial charge in [0.1, 0.15) is 23.7 Å². The van der Waals surface area contributed by atoms with Crippen LogP contribution in [-0.4, -0.2) is 71.9 Å². The van der Waals surface area contributed by atoms with Crippen LogP contribution in [0.5, 0.6) is 0 Å². The molecule has 0 unspecified atom stereocenters. The highest BCUT2D eigenvalue weighted by atomic mass is 16.5. The second-order valence-corrected chi connectivity index (χ2v) is 10.3. The van der Waals surface area contributed by atoms with E-state index < -0.39 is 0 Å². The Bertz CT molecular complexity index is 1560. The van der Waals surface area contributed by atoms with Crippen molar-refractivity contribution in [1.29, 1.82) is 0 Å². The Labute approximate surface area is 220 Å². The second kappa shape index (κ2) is 9.77. The molecule has 1 aliphatic carbocycles. The lowest BCUT2D eigenvalue weighted by Crippen LogP contribution is -2.45. The molecule has 2 fully saturated rings. The van der Waals surface area contributed by atoms with E-state index in [0.29, 0.717) is 24.3 Å². The fraction of sp³-hybridized carbons (Fsp3) is 0.393. The van der Waals surface area contributed by atoms with Crippen molar-refractivity contribution in [3.8, 4) is 11.3 Å². The monoisotopic (exact) mass is 509 g/mol. The number of nitrogen functional groups attached to an aromatic ring is 1. The number of anilines is 1. The summed E-state index contributed by atoms with van der Waals surface area (Å²) in [4.78, 5) is 24.0. The number of hydrogen-bond donors (Lipinski definition) is 2. The number of nitrogens with two attached hydrogens (primary N) is 1. The van der Waals surface area contributed by atoms with Gasteiger partial charge in [-0.05, 0) is 49.4 Å². The highest BCUT2D eigenvalue weighted by molar-refractivity contribution is 5.99. The zero-order valence-corrected chi connectivity index (χ0v) is 21.3. The minimum Gasteiger partial charge on any atom is -0.383 e. The summed E-state index contributed by atoms with van der Waals surface area (Å²) in [6, 6.07) is 11.1. The van der Waals surface area contributed by atoms with Gasteiger partial charge >= 0.3 is 0 Å². The Balaban J connectivity index is 1.19. The zero-order valence-electron chi connectivity index (χ0n) is 21.3. The molecule has 0 spiro atoms. The predicted molar refractivity (Wildman–Crippen MR) is 146 cm³/mol. The van der Waals surface area contributed by atoms with Crippen LogP contribution in [0.4, 0.5) is 5.82 Å². The van der Waals surface area contributed by atoms with E-state index in [2.05, 4.69) is 47.7 Å². The highest BCUT2D eigenvalue weighted by Gasteiger charge is 2.30. The van der Waals surface area contributed by atoms with Gasteiger partial charge in [-0.2, -0.15) is 5.10 Å². The molecule has 10 heteroatoms. The minimum atomic E-state index is 0.291. The summed E-state index contributed by atoms with van der Waals surface area (Å²) in [6.07, 6.45) is 10.3. The third kappa shape index (κ3) is 4.29. The smallest absolute Gasteiger partial charge is 0.164 e. The van der Waals surface area contributed by atoms with Crippen molar-refractivity contribution < 1.29 is 4.74 Å². The van der Waals surface area contributed by atoms with E-state index >= 15 is 0 Å². The summed E-state index contributed by atoms with van der Waals surface area (Å²) in [5, 5.41) is 5.94. The molecule has 0 bridgehead atoms. The van der Waals surface area contributed by atoms with Crippen LogP contribution in [0.15, 0.2) is 49.1 Å². The number of benzene rings is 1. The van der Waals surface area contributed by atoms with Gasteiger partial charge in [0.05, 0.1) is 35.7 Å². The van der Waals surface area contributed by atoms with Gasteiger partial charge in [-0.1, -0.05) is 12.1 Å². The highest BCUT2D eigenvalue weighted by Crippen LogP contribution is 2.37. The van der Waals surface area contributed by atoms with Crippen molar-refractivity contribution in [1.82, 2.24) is 39.6 Å². The number of pyridine rings is 1. The molecule has 1 saturated heterocycles. The summed E-state index contributed by atoms with van der Waals surface area (Å²) >= 11 is 0. The van der Waals surface area contributed by atoms with Gasteiger partial charge in [-0.3, -0.25) is 9.88 Å². The number of rotatable bonds is 5. The van der Waals surface area contributed by atoms with E-state index in [1.54, 1.807) is 12.5 Å². The van der Waals surface area contributed by atoms with Crippen LogP contribution in [0, 0.1) is 0 Å². The number of imidazole rings is 1. The van der Waals surface area contributed by atoms with Crippen molar-refractivity contribution >= 4 is 27.9 Å². The molecular weight excluding hydrogens is 478 g/mol. The van der Waals surface area contributed by atoms with Gasteiger partial charge in [0.2, 0.25) is 0 Å². The van der Waals surface area contributed by atoms with E-state index in [4.69, 9.17) is 20.6 Å². The number of nitrogens with zero attached hydrogens (tertiary/aromatic N) is 7. The fourth-order valence-electron chi connectivity index (χ4n) is 6.05. The summed E-state index contributed by atoms with van der Waals surface area (Å²) in [6.45, 7) is 3.76. The molecule has 194 valence electrons. The van der Waals surface area contributed by atoms with E-state index in [1.807, 2.05) is 18.3 Å². The number of hydrogen-bond acceptors (Lipinski definition) is 8. The minimum absolute atomic E-state index is 0.291. The summed E-state index contributed by atoms with van der Waals surface area (Å²) in [5.74, 6) is 1.36. The molecule has 10 nitrogen and oxygen atoms in total. The molecule has 0 atom stereocenters. The summed E-state index contributed by atoms with van der Waals surface area (Å²) in [5.41, 5.74) is 12.0. The molecule has 1 aliphatic heterocycles.